The van der Waals surface area contributed by atoms with Crippen molar-refractivity contribution in [2.24, 2.45) is 11.7 Å². The lowest BCUT2D eigenvalue weighted by Crippen LogP contribution is -2.63. The standard InChI is InChI=1S/C34H49ClN4O10/c1-19(14-22-12-13-23(35)24(15-22)45-7)10-9-11-26(46-8)34(44)17-25(47-32(43)38-34)20(2)30-33(4,49-30)27(16-28(40)37-5)48-31(42)21(3)39(6)29(41)18-36/h9-13,15,20-21,25-27,30,44H,14,16-18,36H2,1-8H3,(H,37,40)(H,38,43)/b11-9+,19-10+/t20?,21-,25?,26?,27?,30?,33?,34?/m0/s1. The maximum absolute atomic E-state index is 13.0. The minimum Gasteiger partial charge on any atom is -0.495 e. The molecule has 0 aromatic heterocycles. The number of likely N-dealkylation sites (N-methyl/N-ethyl adjacent to an activating group) is 1. The van der Waals surface area contributed by atoms with E-state index in [2.05, 4.69) is 10.6 Å². The molecule has 0 bridgehead atoms. The number of nitrogens with one attached hydrogen (secondary N) is 2. The summed E-state index contributed by atoms with van der Waals surface area (Å²) in [5.74, 6) is -1.51. The molecule has 7 unspecified atom stereocenters. The van der Waals surface area contributed by atoms with Crippen LogP contribution in [-0.4, -0.2) is 111 Å². The van der Waals surface area contributed by atoms with Crippen molar-refractivity contribution in [3.05, 3.63) is 52.6 Å². The van der Waals surface area contributed by atoms with Gasteiger partial charge in [-0.1, -0.05) is 48.4 Å². The molecule has 14 nitrogen and oxygen atoms in total. The van der Waals surface area contributed by atoms with E-state index in [4.69, 9.17) is 41.0 Å². The van der Waals surface area contributed by atoms with Crippen molar-refractivity contribution in [3.8, 4) is 5.75 Å². The minimum atomic E-state index is -1.83. The number of benzene rings is 1. The lowest BCUT2D eigenvalue weighted by Gasteiger charge is -2.42. The highest BCUT2D eigenvalue weighted by atomic mass is 35.5. The van der Waals surface area contributed by atoms with Crippen molar-refractivity contribution in [3.63, 3.8) is 0 Å². The zero-order valence-corrected chi connectivity index (χ0v) is 30.0. The zero-order valence-electron chi connectivity index (χ0n) is 29.3. The Bertz CT molecular complexity index is 1440. The first kappa shape index (κ1) is 39.7. The number of halogens is 1. The maximum Gasteiger partial charge on any atom is 0.409 e. The second-order valence-electron chi connectivity index (χ2n) is 12.7. The van der Waals surface area contributed by atoms with Crippen molar-refractivity contribution in [1.82, 2.24) is 15.5 Å². The number of nitrogens with zero attached hydrogens (tertiary/aromatic N) is 1. The number of cyclic esters (lactones) is 1. The van der Waals surface area contributed by atoms with Crippen LogP contribution < -0.4 is 21.1 Å². The average Bonchev–Trinajstić information content (AvgIpc) is 3.77. The predicted octanol–water partition coefficient (Wildman–Crippen LogP) is 2.24. The minimum absolute atomic E-state index is 0.0606. The van der Waals surface area contributed by atoms with E-state index < -0.39 is 71.6 Å². The van der Waals surface area contributed by atoms with Crippen LogP contribution in [0, 0.1) is 5.92 Å². The first-order valence-corrected chi connectivity index (χ1v) is 16.4. The van der Waals surface area contributed by atoms with Crippen LogP contribution in [0.15, 0.2) is 42.0 Å². The number of epoxide rings is 1. The number of carbonyl (C=O) groups is 4. The Balaban J connectivity index is 1.73. The monoisotopic (exact) mass is 708 g/mol. The molecule has 1 aromatic carbocycles. The Labute approximate surface area is 292 Å². The van der Waals surface area contributed by atoms with Crippen LogP contribution in [-0.2, 0) is 39.8 Å². The van der Waals surface area contributed by atoms with E-state index in [1.54, 1.807) is 39.2 Å². The molecule has 15 heteroatoms. The molecule has 2 fully saturated rings. The number of methoxy groups -OCH3 is 2. The molecular weight excluding hydrogens is 660 g/mol. The van der Waals surface area contributed by atoms with Crippen LogP contribution in [0.25, 0.3) is 0 Å². The summed E-state index contributed by atoms with van der Waals surface area (Å²) in [7, 11) is 5.86. The lowest BCUT2D eigenvalue weighted by atomic mass is 9.83. The van der Waals surface area contributed by atoms with Gasteiger partial charge in [-0.25, -0.2) is 9.59 Å². The van der Waals surface area contributed by atoms with Gasteiger partial charge in [0, 0.05) is 33.5 Å². The summed E-state index contributed by atoms with van der Waals surface area (Å²) < 4.78 is 28.3. The van der Waals surface area contributed by atoms with Gasteiger partial charge in [0.05, 0.1) is 31.2 Å². The second kappa shape index (κ2) is 16.8. The summed E-state index contributed by atoms with van der Waals surface area (Å²) in [6.45, 7) is 6.64. The molecule has 3 amide bonds. The highest BCUT2D eigenvalue weighted by molar-refractivity contribution is 6.32. The Morgan fingerprint density at radius 3 is 2.59 bits per heavy atom. The highest BCUT2D eigenvalue weighted by Crippen LogP contribution is 2.48. The number of nitrogens with two attached hydrogens (primary N) is 1. The number of carbonyl (C=O) groups excluding carboxylic acids is 4. The molecule has 49 heavy (non-hydrogen) atoms. The number of rotatable bonds is 16. The summed E-state index contributed by atoms with van der Waals surface area (Å²) in [6.07, 6.45) is 1.33. The van der Waals surface area contributed by atoms with Crippen molar-refractivity contribution in [1.29, 1.82) is 0 Å². The van der Waals surface area contributed by atoms with E-state index in [1.807, 2.05) is 25.1 Å². The largest absolute Gasteiger partial charge is 0.495 e. The molecule has 5 N–H and O–H groups in total. The Kier molecular flexibility index (Phi) is 13.6. The predicted molar refractivity (Wildman–Crippen MR) is 181 cm³/mol. The number of amides is 3. The van der Waals surface area contributed by atoms with Gasteiger partial charge in [0.25, 0.3) is 0 Å². The summed E-state index contributed by atoms with van der Waals surface area (Å²) >= 11 is 6.14. The quantitative estimate of drug-likeness (QED) is 0.112. The molecule has 272 valence electrons. The first-order valence-electron chi connectivity index (χ1n) is 16.0. The third-order valence-corrected chi connectivity index (χ3v) is 9.48. The van der Waals surface area contributed by atoms with Crippen LogP contribution in [0.4, 0.5) is 4.79 Å². The van der Waals surface area contributed by atoms with Gasteiger partial charge in [-0.3, -0.25) is 14.9 Å². The molecule has 8 atom stereocenters. The van der Waals surface area contributed by atoms with E-state index in [9.17, 15) is 24.3 Å². The normalized spacial score (nSPS) is 26.1. The van der Waals surface area contributed by atoms with Crippen molar-refractivity contribution in [2.75, 3.05) is 34.9 Å². The number of allylic oxidation sites excluding steroid dienone is 3. The summed E-state index contributed by atoms with van der Waals surface area (Å²) in [4.78, 5) is 51.4. The number of hydrogen-bond acceptors (Lipinski definition) is 11. The third-order valence-electron chi connectivity index (χ3n) is 9.17. The molecule has 3 rings (SSSR count). The van der Waals surface area contributed by atoms with Crippen LogP contribution in [0.3, 0.4) is 0 Å². The fraction of sp³-hybridized carbons (Fsp3) is 0.588. The molecule has 0 spiro atoms. The molecule has 2 aliphatic heterocycles. The number of alkyl carbamates (subject to hydrolysis) is 1. The Morgan fingerprint density at radius 2 is 1.98 bits per heavy atom. The number of hydrogen-bond donors (Lipinski definition) is 4. The van der Waals surface area contributed by atoms with Gasteiger partial charge >= 0.3 is 12.1 Å². The smallest absolute Gasteiger partial charge is 0.409 e. The Hall–Kier alpha value is -3.69. The van der Waals surface area contributed by atoms with Crippen LogP contribution >= 0.6 is 11.6 Å². The fourth-order valence-electron chi connectivity index (χ4n) is 5.88. The van der Waals surface area contributed by atoms with E-state index in [0.29, 0.717) is 17.2 Å². The van der Waals surface area contributed by atoms with Crippen molar-refractivity contribution in [2.45, 2.75) is 88.7 Å². The van der Waals surface area contributed by atoms with Gasteiger partial charge in [0.15, 0.2) is 5.72 Å². The van der Waals surface area contributed by atoms with E-state index in [0.717, 1.165) is 11.1 Å². The topological polar surface area (TPSA) is 191 Å². The Morgan fingerprint density at radius 1 is 1.29 bits per heavy atom. The van der Waals surface area contributed by atoms with Crippen LogP contribution in [0.5, 0.6) is 5.75 Å². The van der Waals surface area contributed by atoms with Gasteiger partial charge < -0.3 is 44.7 Å². The average molecular weight is 709 g/mol. The third kappa shape index (κ3) is 9.73. The molecule has 2 heterocycles. The molecule has 0 saturated carbocycles. The number of ether oxygens (including phenoxy) is 5. The van der Waals surface area contributed by atoms with Crippen molar-refractivity contribution >= 4 is 35.5 Å². The molecule has 0 aliphatic carbocycles. The fourth-order valence-corrected chi connectivity index (χ4v) is 6.08. The van der Waals surface area contributed by atoms with Gasteiger partial charge in [-0.15, -0.1) is 0 Å². The molecular formula is C34H49ClN4O10. The molecule has 1 aromatic rings. The number of esters is 1. The summed E-state index contributed by atoms with van der Waals surface area (Å²) in [5, 5.41) is 17.2. The van der Waals surface area contributed by atoms with Gasteiger partial charge in [0.1, 0.15) is 35.7 Å². The zero-order chi connectivity index (χ0) is 36.7. The van der Waals surface area contributed by atoms with E-state index in [1.165, 1.54) is 33.0 Å². The van der Waals surface area contributed by atoms with Gasteiger partial charge in [-0.2, -0.15) is 0 Å². The van der Waals surface area contributed by atoms with E-state index in [-0.39, 0.29) is 19.4 Å². The first-order chi connectivity index (χ1) is 23.0. The summed E-state index contributed by atoms with van der Waals surface area (Å²) in [6, 6.07) is 4.58. The van der Waals surface area contributed by atoms with Gasteiger partial charge in [-0.05, 0) is 44.9 Å². The highest BCUT2D eigenvalue weighted by Gasteiger charge is 2.64. The SMILES string of the molecule is CNC(=O)CC(OC(=O)[C@H](C)N(C)C(=O)CN)C1(C)OC1C(C)C1CC(O)(C(/C=C/C=C(\C)Cc2ccc(Cl)c(OC)c2)OC)NC(=O)O1. The maximum atomic E-state index is 13.0. The van der Waals surface area contributed by atoms with Crippen molar-refractivity contribution < 1.29 is 48.0 Å². The van der Waals surface area contributed by atoms with E-state index >= 15 is 0 Å². The lowest BCUT2D eigenvalue weighted by molar-refractivity contribution is -0.161. The number of aliphatic hydroxyl groups is 1. The molecule has 2 saturated heterocycles. The van der Waals surface area contributed by atoms with Crippen LogP contribution in [0.2, 0.25) is 5.02 Å². The second-order valence-corrected chi connectivity index (χ2v) is 13.1. The molecule has 2 aliphatic rings. The van der Waals surface area contributed by atoms with Crippen LogP contribution in [0.1, 0.15) is 46.1 Å². The summed E-state index contributed by atoms with van der Waals surface area (Å²) in [5.41, 5.74) is 4.48. The van der Waals surface area contributed by atoms with Gasteiger partial charge in [0.2, 0.25) is 11.8 Å². The molecule has 0 radical (unpaired) electrons.